The molecule has 1 aliphatic rings. The number of benzene rings is 1. The summed E-state index contributed by atoms with van der Waals surface area (Å²) >= 11 is 0. The summed E-state index contributed by atoms with van der Waals surface area (Å²) in [4.78, 5) is 7.80. The van der Waals surface area contributed by atoms with E-state index in [-0.39, 0.29) is 0 Å². The van der Waals surface area contributed by atoms with Crippen LogP contribution in [0.1, 0.15) is 18.4 Å². The van der Waals surface area contributed by atoms with Crippen molar-refractivity contribution in [2.75, 3.05) is 11.9 Å². The van der Waals surface area contributed by atoms with Crippen molar-refractivity contribution in [2.45, 2.75) is 12.8 Å². The third-order valence-electron chi connectivity index (χ3n) is 5.30. The molecular formula is C22H20N6. The van der Waals surface area contributed by atoms with Crippen molar-refractivity contribution in [2.24, 2.45) is 13.0 Å². The van der Waals surface area contributed by atoms with Crippen molar-refractivity contribution in [3.05, 3.63) is 54.6 Å². The van der Waals surface area contributed by atoms with Crippen molar-refractivity contribution >= 4 is 16.7 Å². The Kier molecular flexibility index (Phi) is 3.87. The first-order valence-electron chi connectivity index (χ1n) is 9.46. The van der Waals surface area contributed by atoms with E-state index in [1.807, 2.05) is 44.0 Å². The zero-order valence-electron chi connectivity index (χ0n) is 15.6. The maximum atomic E-state index is 9.61. The number of H-pyrrole nitrogens is 1. The predicted octanol–water partition coefficient (Wildman–Crippen LogP) is 4.32. The fraction of sp³-hybridized carbons (Fsp3) is 0.227. The van der Waals surface area contributed by atoms with Crippen molar-refractivity contribution < 1.29 is 0 Å². The molecule has 1 aliphatic carbocycles. The fourth-order valence-corrected chi connectivity index (χ4v) is 3.51. The third kappa shape index (κ3) is 3.01. The normalized spacial score (nSPS) is 13.6. The molecule has 6 nitrogen and oxygen atoms in total. The molecular weight excluding hydrogens is 348 g/mol. The van der Waals surface area contributed by atoms with Gasteiger partial charge in [0.15, 0.2) is 0 Å². The summed E-state index contributed by atoms with van der Waals surface area (Å²) in [5.41, 5.74) is 6.50. The average molecular weight is 368 g/mol. The zero-order chi connectivity index (χ0) is 19.1. The monoisotopic (exact) mass is 368 g/mol. The lowest BCUT2D eigenvalue weighted by Gasteiger charge is -2.09. The van der Waals surface area contributed by atoms with E-state index in [1.165, 1.54) is 12.8 Å². The van der Waals surface area contributed by atoms with E-state index < -0.39 is 0 Å². The molecule has 28 heavy (non-hydrogen) atoms. The van der Waals surface area contributed by atoms with Crippen LogP contribution in [0.2, 0.25) is 0 Å². The first-order chi connectivity index (χ1) is 13.7. The van der Waals surface area contributed by atoms with Gasteiger partial charge in [-0.05, 0) is 42.5 Å². The Morgan fingerprint density at radius 2 is 2.11 bits per heavy atom. The van der Waals surface area contributed by atoms with Crippen LogP contribution in [0, 0.1) is 17.2 Å². The maximum Gasteiger partial charge on any atom is 0.137 e. The number of anilines is 1. The lowest BCUT2D eigenvalue weighted by atomic mass is 10.0. The molecule has 0 spiro atoms. The summed E-state index contributed by atoms with van der Waals surface area (Å²) in [6.45, 7) is 0.944. The van der Waals surface area contributed by atoms with Crippen LogP contribution in [0.4, 0.5) is 5.69 Å². The number of hydrogen-bond acceptors (Lipinski definition) is 4. The van der Waals surface area contributed by atoms with Crippen LogP contribution in [0.15, 0.2) is 49.1 Å². The largest absolute Gasteiger partial charge is 0.384 e. The smallest absolute Gasteiger partial charge is 0.137 e. The fourth-order valence-electron chi connectivity index (χ4n) is 3.51. The molecule has 4 aromatic rings. The Balaban J connectivity index is 1.54. The maximum absolute atomic E-state index is 9.61. The first-order valence-corrected chi connectivity index (χ1v) is 9.46. The van der Waals surface area contributed by atoms with Gasteiger partial charge in [0.25, 0.3) is 0 Å². The Bertz CT molecular complexity index is 1210. The number of aromatic nitrogens is 4. The zero-order valence-corrected chi connectivity index (χ0v) is 15.6. The van der Waals surface area contributed by atoms with Crippen LogP contribution in [-0.2, 0) is 7.05 Å². The molecule has 0 atom stereocenters. The lowest BCUT2D eigenvalue weighted by molar-refractivity contribution is 0.768. The summed E-state index contributed by atoms with van der Waals surface area (Å²) in [6.07, 6.45) is 10.2. The van der Waals surface area contributed by atoms with Crippen LogP contribution >= 0.6 is 0 Å². The molecule has 3 aromatic heterocycles. The van der Waals surface area contributed by atoms with Crippen LogP contribution in [0.25, 0.3) is 33.3 Å². The molecule has 1 fully saturated rings. The minimum atomic E-state index is 0.670. The van der Waals surface area contributed by atoms with Gasteiger partial charge in [-0.25, -0.2) is 4.98 Å². The van der Waals surface area contributed by atoms with Crippen LogP contribution < -0.4 is 5.32 Å². The topological polar surface area (TPSA) is 82.3 Å². The molecule has 0 bridgehead atoms. The Morgan fingerprint density at radius 1 is 1.21 bits per heavy atom. The van der Waals surface area contributed by atoms with Gasteiger partial charge in [0.1, 0.15) is 11.7 Å². The van der Waals surface area contributed by atoms with Gasteiger partial charge < -0.3 is 10.3 Å². The second-order valence-corrected chi connectivity index (χ2v) is 7.42. The molecule has 2 N–H and O–H groups in total. The van der Waals surface area contributed by atoms with Gasteiger partial charge in [0.2, 0.25) is 0 Å². The Labute approximate surface area is 162 Å². The van der Waals surface area contributed by atoms with Crippen molar-refractivity contribution in [3.8, 4) is 28.3 Å². The molecule has 0 saturated heterocycles. The van der Waals surface area contributed by atoms with Crippen LogP contribution in [-0.4, -0.2) is 26.3 Å². The highest BCUT2D eigenvalue weighted by molar-refractivity contribution is 5.96. The van der Waals surface area contributed by atoms with Crippen molar-refractivity contribution in [1.29, 1.82) is 5.26 Å². The van der Waals surface area contributed by atoms with E-state index in [0.717, 1.165) is 51.4 Å². The van der Waals surface area contributed by atoms with Crippen LogP contribution in [0.5, 0.6) is 0 Å². The molecule has 5 rings (SSSR count). The molecule has 0 amide bonds. The van der Waals surface area contributed by atoms with E-state index in [4.69, 9.17) is 0 Å². The average Bonchev–Trinajstić information content (AvgIpc) is 3.30. The van der Waals surface area contributed by atoms with E-state index in [1.54, 1.807) is 4.68 Å². The second kappa shape index (κ2) is 6.54. The molecule has 0 aliphatic heterocycles. The van der Waals surface area contributed by atoms with E-state index in [0.29, 0.717) is 5.56 Å². The molecule has 6 heteroatoms. The summed E-state index contributed by atoms with van der Waals surface area (Å²) in [7, 11) is 1.90. The highest BCUT2D eigenvalue weighted by Crippen LogP contribution is 2.34. The Morgan fingerprint density at radius 3 is 2.86 bits per heavy atom. The third-order valence-corrected chi connectivity index (χ3v) is 5.30. The molecule has 0 unspecified atom stereocenters. The van der Waals surface area contributed by atoms with Gasteiger partial charge in [0.05, 0.1) is 17.4 Å². The van der Waals surface area contributed by atoms with Gasteiger partial charge in [-0.3, -0.25) is 4.68 Å². The van der Waals surface area contributed by atoms with Gasteiger partial charge in [-0.1, -0.05) is 6.07 Å². The number of rotatable bonds is 5. The lowest BCUT2D eigenvalue weighted by Crippen LogP contribution is -2.04. The number of aromatic amines is 1. The number of aryl methyl sites for hydroxylation is 1. The number of nitriles is 1. The molecule has 1 aromatic carbocycles. The number of fused-ring (bicyclic) bond motifs is 1. The van der Waals surface area contributed by atoms with Crippen molar-refractivity contribution in [1.82, 2.24) is 19.7 Å². The number of nitrogens with one attached hydrogen (secondary N) is 2. The van der Waals surface area contributed by atoms with Gasteiger partial charge in [0, 0.05) is 54.3 Å². The Hall–Kier alpha value is -3.59. The second-order valence-electron chi connectivity index (χ2n) is 7.42. The number of hydrogen-bond donors (Lipinski definition) is 2. The quantitative estimate of drug-likeness (QED) is 0.549. The standard InChI is InChI=1S/C22H20N6/c1-28-13-18(11-27-28)17-7-19-20(12-26-22(19)25-10-17)15-4-5-21(16(6-15)8-23)24-9-14-2-3-14/h4-7,10-14,24H,2-3,9H2,1H3,(H,25,26). The minimum absolute atomic E-state index is 0.670. The minimum Gasteiger partial charge on any atom is -0.384 e. The first kappa shape index (κ1) is 16.6. The number of pyridine rings is 1. The number of nitrogens with zero attached hydrogens (tertiary/aromatic N) is 4. The summed E-state index contributed by atoms with van der Waals surface area (Å²) < 4.78 is 1.78. The van der Waals surface area contributed by atoms with Gasteiger partial charge >= 0.3 is 0 Å². The molecule has 0 radical (unpaired) electrons. The highest BCUT2D eigenvalue weighted by Gasteiger charge is 2.21. The van der Waals surface area contributed by atoms with E-state index >= 15 is 0 Å². The molecule has 138 valence electrons. The van der Waals surface area contributed by atoms with Gasteiger partial charge in [-0.15, -0.1) is 0 Å². The molecule has 1 saturated carbocycles. The summed E-state index contributed by atoms with van der Waals surface area (Å²) in [5, 5.41) is 18.3. The van der Waals surface area contributed by atoms with E-state index in [9.17, 15) is 5.26 Å². The molecule has 3 heterocycles. The summed E-state index contributed by atoms with van der Waals surface area (Å²) in [6, 6.07) is 10.5. The SMILES string of the molecule is Cn1cc(-c2cnc3[nH]cc(-c4ccc(NCC5CC5)c(C#N)c4)c3c2)cn1. The van der Waals surface area contributed by atoms with E-state index in [2.05, 4.69) is 38.6 Å². The summed E-state index contributed by atoms with van der Waals surface area (Å²) in [5.74, 6) is 0.761. The van der Waals surface area contributed by atoms with Crippen LogP contribution in [0.3, 0.4) is 0 Å². The van der Waals surface area contributed by atoms with Crippen molar-refractivity contribution in [3.63, 3.8) is 0 Å². The highest BCUT2D eigenvalue weighted by atomic mass is 15.2. The predicted molar refractivity (Wildman–Crippen MR) is 110 cm³/mol. The van der Waals surface area contributed by atoms with Gasteiger partial charge in [-0.2, -0.15) is 10.4 Å².